The van der Waals surface area contributed by atoms with E-state index < -0.39 is 0 Å². The van der Waals surface area contributed by atoms with Crippen LogP contribution in [0.15, 0.2) is 3.92 Å². The highest BCUT2D eigenvalue weighted by Gasteiger charge is 2.32. The van der Waals surface area contributed by atoms with Gasteiger partial charge in [0.05, 0.1) is 0 Å². The highest BCUT2D eigenvalue weighted by atomic mass is 79.9. The maximum Gasteiger partial charge on any atom is 0.209 e. The Morgan fingerprint density at radius 2 is 2.13 bits per heavy atom. The van der Waals surface area contributed by atoms with E-state index in [0.717, 1.165) is 28.1 Å². The summed E-state index contributed by atoms with van der Waals surface area (Å²) >= 11 is 4.97. The molecule has 5 heteroatoms. The molecule has 1 fully saturated rings. The van der Waals surface area contributed by atoms with Crippen LogP contribution in [0, 0.1) is 11.3 Å². The fourth-order valence-corrected chi connectivity index (χ4v) is 3.09. The quantitative estimate of drug-likeness (QED) is 0.795. The van der Waals surface area contributed by atoms with E-state index in [0.29, 0.717) is 5.41 Å². The Morgan fingerprint density at radius 3 is 2.60 bits per heavy atom. The summed E-state index contributed by atoms with van der Waals surface area (Å²) in [5.41, 5.74) is 0.399. The molecule has 0 aromatic carbocycles. The number of rotatable bonds is 1. The normalized spacial score (nSPS) is 22.4. The van der Waals surface area contributed by atoms with Crippen molar-refractivity contribution in [3.05, 3.63) is 3.92 Å². The van der Waals surface area contributed by atoms with Gasteiger partial charge in [0, 0.05) is 13.1 Å². The summed E-state index contributed by atoms with van der Waals surface area (Å²) < 4.78 is 0.872. The molecular weight excluding hydrogens is 274 g/mol. The first-order valence-electron chi connectivity index (χ1n) is 5.21. The summed E-state index contributed by atoms with van der Waals surface area (Å²) in [5, 5.41) is 9.20. The van der Waals surface area contributed by atoms with Gasteiger partial charge in [0.25, 0.3) is 0 Å². The van der Waals surface area contributed by atoms with Gasteiger partial charge < -0.3 is 4.90 Å². The maximum absolute atomic E-state index is 4.16. The van der Waals surface area contributed by atoms with Crippen LogP contribution in [-0.2, 0) is 0 Å². The number of aromatic nitrogens is 2. The van der Waals surface area contributed by atoms with Crippen molar-refractivity contribution in [2.75, 3.05) is 18.0 Å². The number of halogens is 1. The highest BCUT2D eigenvalue weighted by Crippen LogP contribution is 2.36. The molecule has 0 aliphatic carbocycles. The molecule has 1 aliphatic rings. The summed E-state index contributed by atoms with van der Waals surface area (Å²) in [6.07, 6.45) is 1.26. The standard InChI is InChI=1S/C10H16BrN3S/c1-10(2,3)7-4-5-14(6-7)9-13-12-8(11)15-9/h7H,4-6H2,1-3H3. The summed E-state index contributed by atoms with van der Waals surface area (Å²) in [5.74, 6) is 0.764. The first-order valence-corrected chi connectivity index (χ1v) is 6.82. The van der Waals surface area contributed by atoms with Gasteiger partial charge >= 0.3 is 0 Å². The van der Waals surface area contributed by atoms with Gasteiger partial charge in [-0.1, -0.05) is 32.1 Å². The van der Waals surface area contributed by atoms with Gasteiger partial charge in [-0.15, -0.1) is 10.2 Å². The smallest absolute Gasteiger partial charge is 0.209 e. The SMILES string of the molecule is CC(C)(C)C1CCN(c2nnc(Br)s2)C1. The Bertz CT molecular complexity index is 345. The molecular formula is C10H16BrN3S. The monoisotopic (exact) mass is 289 g/mol. The molecule has 0 bridgehead atoms. The van der Waals surface area contributed by atoms with E-state index >= 15 is 0 Å². The molecule has 3 nitrogen and oxygen atoms in total. The summed E-state index contributed by atoms with van der Waals surface area (Å²) in [6.45, 7) is 9.18. The molecule has 0 amide bonds. The fraction of sp³-hybridized carbons (Fsp3) is 0.800. The predicted molar refractivity (Wildman–Crippen MR) is 67.4 cm³/mol. The van der Waals surface area contributed by atoms with E-state index in [-0.39, 0.29) is 0 Å². The number of anilines is 1. The second-order valence-corrected chi connectivity index (χ2v) is 7.37. The summed E-state index contributed by atoms with van der Waals surface area (Å²) in [7, 11) is 0. The third-order valence-corrected chi connectivity index (χ3v) is 4.49. The Balaban J connectivity index is 2.04. The van der Waals surface area contributed by atoms with Crippen LogP contribution in [-0.4, -0.2) is 23.3 Å². The van der Waals surface area contributed by atoms with Crippen molar-refractivity contribution >= 4 is 32.4 Å². The lowest BCUT2D eigenvalue weighted by atomic mass is 9.80. The van der Waals surface area contributed by atoms with Gasteiger partial charge in [0.15, 0.2) is 3.92 Å². The van der Waals surface area contributed by atoms with E-state index in [1.807, 2.05) is 0 Å². The zero-order valence-corrected chi connectivity index (χ0v) is 11.7. The molecule has 1 unspecified atom stereocenters. The number of hydrogen-bond acceptors (Lipinski definition) is 4. The molecule has 15 heavy (non-hydrogen) atoms. The zero-order valence-electron chi connectivity index (χ0n) is 9.33. The second-order valence-electron chi connectivity index (χ2n) is 5.14. The molecule has 1 aromatic heterocycles. The first kappa shape index (κ1) is 11.3. The Kier molecular flexibility index (Phi) is 3.03. The predicted octanol–water partition coefficient (Wildman–Crippen LogP) is 3.17. The molecule has 84 valence electrons. The van der Waals surface area contributed by atoms with Crippen LogP contribution in [0.3, 0.4) is 0 Å². The van der Waals surface area contributed by atoms with Crippen LogP contribution in [0.1, 0.15) is 27.2 Å². The molecule has 0 spiro atoms. The van der Waals surface area contributed by atoms with Crippen LogP contribution >= 0.6 is 27.3 Å². The average molecular weight is 290 g/mol. The van der Waals surface area contributed by atoms with Crippen molar-refractivity contribution in [1.29, 1.82) is 0 Å². The van der Waals surface area contributed by atoms with Crippen molar-refractivity contribution in [3.63, 3.8) is 0 Å². The molecule has 0 saturated carbocycles. The molecule has 0 radical (unpaired) electrons. The highest BCUT2D eigenvalue weighted by molar-refractivity contribution is 9.11. The molecule has 1 atom stereocenters. The summed E-state index contributed by atoms with van der Waals surface area (Å²) in [4.78, 5) is 2.35. The average Bonchev–Trinajstić information content (AvgIpc) is 2.69. The lowest BCUT2D eigenvalue weighted by Gasteiger charge is -2.26. The molecule has 1 aromatic rings. The summed E-state index contributed by atoms with van der Waals surface area (Å²) in [6, 6.07) is 0. The van der Waals surface area contributed by atoms with Crippen molar-refractivity contribution in [3.8, 4) is 0 Å². The van der Waals surface area contributed by atoms with Gasteiger partial charge in [0.2, 0.25) is 5.13 Å². The van der Waals surface area contributed by atoms with Gasteiger partial charge in [0.1, 0.15) is 0 Å². The van der Waals surface area contributed by atoms with Crippen molar-refractivity contribution in [1.82, 2.24) is 10.2 Å². The van der Waals surface area contributed by atoms with Gasteiger partial charge in [-0.05, 0) is 33.7 Å². The molecule has 2 rings (SSSR count). The lowest BCUT2D eigenvalue weighted by molar-refractivity contribution is 0.263. The third-order valence-electron chi connectivity index (χ3n) is 3.07. The lowest BCUT2D eigenvalue weighted by Crippen LogP contribution is -2.25. The van der Waals surface area contributed by atoms with Crippen LogP contribution in [0.25, 0.3) is 0 Å². The molecule has 0 N–H and O–H groups in total. The molecule has 2 heterocycles. The van der Waals surface area contributed by atoms with Gasteiger partial charge in [-0.3, -0.25) is 0 Å². The van der Waals surface area contributed by atoms with Gasteiger partial charge in [-0.25, -0.2) is 0 Å². The van der Waals surface area contributed by atoms with E-state index in [1.165, 1.54) is 6.42 Å². The Hall–Kier alpha value is -0.160. The van der Waals surface area contributed by atoms with E-state index in [4.69, 9.17) is 0 Å². The number of nitrogens with zero attached hydrogens (tertiary/aromatic N) is 3. The third kappa shape index (κ3) is 2.50. The van der Waals surface area contributed by atoms with Crippen LogP contribution < -0.4 is 4.90 Å². The zero-order chi connectivity index (χ0) is 11.1. The first-order chi connectivity index (χ1) is 6.97. The van der Waals surface area contributed by atoms with E-state index in [9.17, 15) is 0 Å². The minimum atomic E-state index is 0.399. The van der Waals surface area contributed by atoms with Crippen molar-refractivity contribution in [2.24, 2.45) is 11.3 Å². The van der Waals surface area contributed by atoms with E-state index in [2.05, 4.69) is 51.8 Å². The second kappa shape index (κ2) is 4.01. The van der Waals surface area contributed by atoms with Crippen LogP contribution in [0.5, 0.6) is 0 Å². The number of hydrogen-bond donors (Lipinski definition) is 0. The Labute approximate surface area is 103 Å². The minimum absolute atomic E-state index is 0.399. The minimum Gasteiger partial charge on any atom is -0.346 e. The molecule has 1 aliphatic heterocycles. The largest absolute Gasteiger partial charge is 0.346 e. The topological polar surface area (TPSA) is 29.0 Å². The van der Waals surface area contributed by atoms with Crippen LogP contribution in [0.2, 0.25) is 0 Å². The van der Waals surface area contributed by atoms with Crippen LogP contribution in [0.4, 0.5) is 5.13 Å². The van der Waals surface area contributed by atoms with Gasteiger partial charge in [-0.2, -0.15) is 0 Å². The maximum atomic E-state index is 4.16. The van der Waals surface area contributed by atoms with Crippen molar-refractivity contribution in [2.45, 2.75) is 27.2 Å². The fourth-order valence-electron chi connectivity index (χ4n) is 1.97. The Morgan fingerprint density at radius 1 is 1.40 bits per heavy atom. The molecule has 1 saturated heterocycles. The van der Waals surface area contributed by atoms with Crippen molar-refractivity contribution < 1.29 is 0 Å². The van der Waals surface area contributed by atoms with E-state index in [1.54, 1.807) is 11.3 Å².